The number of halogens is 1. The predicted octanol–water partition coefficient (Wildman–Crippen LogP) is 2.83. The highest BCUT2D eigenvalue weighted by molar-refractivity contribution is 7.89. The minimum absolute atomic E-state index is 0.156. The summed E-state index contributed by atoms with van der Waals surface area (Å²) >= 11 is 6.93. The Kier molecular flexibility index (Phi) is 7.01. The number of aryl methyl sites for hydroxylation is 1. The molecule has 0 saturated carbocycles. The van der Waals surface area contributed by atoms with Crippen molar-refractivity contribution in [1.29, 1.82) is 0 Å². The number of aromatic nitrogens is 5. The first-order chi connectivity index (χ1) is 17.8. The van der Waals surface area contributed by atoms with Crippen LogP contribution in [-0.2, 0) is 16.6 Å². The fraction of sp³-hybridized carbons (Fsp3) is 0.458. The SMILES string of the molecule is CCCn1c(=O)n2cnnc2c2[nH]c(-c3cc(S(=O)(=O)N4CCCN(C)CC4)ccc3OCC)c(Cl)c21. The average molecular weight is 548 g/mol. The van der Waals surface area contributed by atoms with Crippen LogP contribution in [0, 0.1) is 0 Å². The third-order valence-electron chi connectivity index (χ3n) is 6.68. The van der Waals surface area contributed by atoms with Gasteiger partial charge in [-0.2, -0.15) is 4.31 Å². The lowest BCUT2D eigenvalue weighted by Gasteiger charge is -2.21. The highest BCUT2D eigenvalue weighted by atomic mass is 35.5. The van der Waals surface area contributed by atoms with Gasteiger partial charge in [0.05, 0.1) is 27.7 Å². The van der Waals surface area contributed by atoms with Gasteiger partial charge < -0.3 is 14.6 Å². The third kappa shape index (κ3) is 4.41. The van der Waals surface area contributed by atoms with Gasteiger partial charge in [0.15, 0.2) is 5.65 Å². The molecule has 13 heteroatoms. The molecule has 0 radical (unpaired) electrons. The summed E-state index contributed by atoms with van der Waals surface area (Å²) < 4.78 is 37.6. The minimum atomic E-state index is -3.75. The van der Waals surface area contributed by atoms with Crippen LogP contribution in [0.25, 0.3) is 27.9 Å². The maximum absolute atomic E-state index is 13.6. The molecule has 1 aliphatic rings. The first kappa shape index (κ1) is 25.7. The molecule has 37 heavy (non-hydrogen) atoms. The lowest BCUT2D eigenvalue weighted by molar-refractivity contribution is 0.341. The smallest absolute Gasteiger partial charge is 0.335 e. The van der Waals surface area contributed by atoms with Crippen LogP contribution in [0.3, 0.4) is 0 Å². The summed E-state index contributed by atoms with van der Waals surface area (Å²) in [5.41, 5.74) is 2.02. The van der Waals surface area contributed by atoms with Crippen molar-refractivity contribution in [3.63, 3.8) is 0 Å². The molecule has 0 amide bonds. The third-order valence-corrected chi connectivity index (χ3v) is 8.94. The summed E-state index contributed by atoms with van der Waals surface area (Å²) in [5, 5.41) is 8.32. The van der Waals surface area contributed by atoms with Gasteiger partial charge in [0.1, 0.15) is 17.6 Å². The number of fused-ring (bicyclic) bond motifs is 3. The number of H-pyrrole nitrogens is 1. The predicted molar refractivity (Wildman–Crippen MR) is 142 cm³/mol. The monoisotopic (exact) mass is 547 g/mol. The van der Waals surface area contributed by atoms with Gasteiger partial charge >= 0.3 is 5.69 Å². The van der Waals surface area contributed by atoms with Crippen molar-refractivity contribution in [2.24, 2.45) is 0 Å². The van der Waals surface area contributed by atoms with Crippen LogP contribution in [0.1, 0.15) is 26.7 Å². The zero-order chi connectivity index (χ0) is 26.3. The second kappa shape index (κ2) is 10.1. The Balaban J connectivity index is 1.71. The molecular weight excluding hydrogens is 518 g/mol. The van der Waals surface area contributed by atoms with Crippen LogP contribution in [-0.4, -0.2) is 81.6 Å². The molecule has 1 fully saturated rings. The minimum Gasteiger partial charge on any atom is -0.493 e. The Morgan fingerprint density at radius 2 is 1.97 bits per heavy atom. The number of ether oxygens (including phenoxy) is 1. The molecule has 1 aromatic carbocycles. The van der Waals surface area contributed by atoms with E-state index in [2.05, 4.69) is 20.1 Å². The van der Waals surface area contributed by atoms with Crippen molar-refractivity contribution in [3.05, 3.63) is 40.0 Å². The van der Waals surface area contributed by atoms with E-state index in [0.717, 1.165) is 13.0 Å². The Bertz CT molecular complexity index is 1630. The molecule has 1 N–H and O–H groups in total. The van der Waals surface area contributed by atoms with Crippen molar-refractivity contribution < 1.29 is 13.2 Å². The first-order valence-electron chi connectivity index (χ1n) is 12.4. The normalized spacial score (nSPS) is 16.0. The fourth-order valence-corrected chi connectivity index (χ4v) is 6.67. The van der Waals surface area contributed by atoms with E-state index in [4.69, 9.17) is 16.3 Å². The Hall–Kier alpha value is -2.93. The Morgan fingerprint density at radius 1 is 1.16 bits per heavy atom. The Labute approximate surface area is 219 Å². The summed E-state index contributed by atoms with van der Waals surface area (Å²) in [6.45, 7) is 7.04. The second-order valence-corrected chi connectivity index (χ2v) is 11.5. The van der Waals surface area contributed by atoms with E-state index in [1.807, 2.05) is 20.9 Å². The second-order valence-electron chi connectivity index (χ2n) is 9.15. The molecule has 4 heterocycles. The zero-order valence-corrected chi connectivity index (χ0v) is 22.6. The van der Waals surface area contributed by atoms with E-state index in [1.54, 1.807) is 22.8 Å². The maximum Gasteiger partial charge on any atom is 0.335 e. The van der Waals surface area contributed by atoms with Gasteiger partial charge in [-0.3, -0.25) is 4.57 Å². The molecule has 0 aliphatic carbocycles. The van der Waals surface area contributed by atoms with E-state index < -0.39 is 10.0 Å². The summed E-state index contributed by atoms with van der Waals surface area (Å²) in [7, 11) is -1.76. The number of likely N-dealkylation sites (N-methyl/N-ethyl adjacent to an activating group) is 1. The van der Waals surface area contributed by atoms with Crippen LogP contribution in [0.2, 0.25) is 5.02 Å². The highest BCUT2D eigenvalue weighted by Gasteiger charge is 2.29. The van der Waals surface area contributed by atoms with Gasteiger partial charge in [-0.25, -0.2) is 17.6 Å². The molecule has 3 aromatic heterocycles. The zero-order valence-electron chi connectivity index (χ0n) is 21.1. The van der Waals surface area contributed by atoms with Crippen molar-refractivity contribution in [2.75, 3.05) is 39.8 Å². The van der Waals surface area contributed by atoms with Crippen molar-refractivity contribution >= 4 is 38.3 Å². The lowest BCUT2D eigenvalue weighted by Crippen LogP contribution is -2.34. The average Bonchev–Trinajstić information content (AvgIpc) is 3.42. The van der Waals surface area contributed by atoms with Crippen molar-refractivity contribution in [3.8, 4) is 17.0 Å². The van der Waals surface area contributed by atoms with Gasteiger partial charge in [0.25, 0.3) is 0 Å². The van der Waals surface area contributed by atoms with Gasteiger partial charge in [0, 0.05) is 31.7 Å². The largest absolute Gasteiger partial charge is 0.493 e. The first-order valence-corrected chi connectivity index (χ1v) is 14.2. The fourth-order valence-electron chi connectivity index (χ4n) is 4.83. The summed E-state index contributed by atoms with van der Waals surface area (Å²) in [4.78, 5) is 18.7. The van der Waals surface area contributed by atoms with Crippen LogP contribution in [0.5, 0.6) is 5.75 Å². The molecule has 1 saturated heterocycles. The number of hydrogen-bond donors (Lipinski definition) is 1. The van der Waals surface area contributed by atoms with Gasteiger partial charge in [-0.1, -0.05) is 18.5 Å². The number of hydrogen-bond acceptors (Lipinski definition) is 7. The topological polar surface area (TPSA) is 118 Å². The summed E-state index contributed by atoms with van der Waals surface area (Å²) in [5.74, 6) is 0.479. The number of nitrogens with one attached hydrogen (secondary N) is 1. The van der Waals surface area contributed by atoms with E-state index in [1.165, 1.54) is 15.0 Å². The number of aromatic amines is 1. The van der Waals surface area contributed by atoms with Gasteiger partial charge in [-0.05, 0) is 51.6 Å². The quantitative estimate of drug-likeness (QED) is 0.378. The van der Waals surface area contributed by atoms with E-state index >= 15 is 0 Å². The molecule has 4 aromatic rings. The van der Waals surface area contributed by atoms with E-state index in [9.17, 15) is 13.2 Å². The molecular formula is C24H30ClN7O4S. The molecule has 11 nitrogen and oxygen atoms in total. The Morgan fingerprint density at radius 3 is 2.73 bits per heavy atom. The number of benzene rings is 1. The molecule has 1 aliphatic heterocycles. The summed E-state index contributed by atoms with van der Waals surface area (Å²) in [6.07, 6.45) is 2.84. The number of rotatable bonds is 7. The van der Waals surface area contributed by atoms with Crippen molar-refractivity contribution in [2.45, 2.75) is 38.1 Å². The van der Waals surface area contributed by atoms with Gasteiger partial charge in [-0.15, -0.1) is 10.2 Å². The van der Waals surface area contributed by atoms with Crippen LogP contribution < -0.4 is 10.4 Å². The standard InChI is InChI=1S/C24H30ClN7O4S/c1-4-9-31-22-19(25)20(27-21(22)23-28-26-15-32(23)24(31)33)17-14-16(7-8-18(17)36-5-2)37(34,35)30-11-6-10-29(3)12-13-30/h7-8,14-15,27H,4-6,9-13H2,1-3H3. The van der Waals surface area contributed by atoms with E-state index in [0.29, 0.717) is 72.9 Å². The van der Waals surface area contributed by atoms with E-state index in [-0.39, 0.29) is 15.6 Å². The van der Waals surface area contributed by atoms with Gasteiger partial charge in [0.2, 0.25) is 10.0 Å². The van der Waals surface area contributed by atoms with Crippen LogP contribution in [0.4, 0.5) is 0 Å². The molecule has 0 bridgehead atoms. The molecule has 0 unspecified atom stereocenters. The van der Waals surface area contributed by atoms with Crippen LogP contribution in [0.15, 0.2) is 34.2 Å². The van der Waals surface area contributed by atoms with Crippen molar-refractivity contribution in [1.82, 2.24) is 33.4 Å². The van der Waals surface area contributed by atoms with Crippen LogP contribution >= 0.6 is 11.6 Å². The number of sulfonamides is 1. The maximum atomic E-state index is 13.6. The highest BCUT2D eigenvalue weighted by Crippen LogP contribution is 2.40. The molecule has 198 valence electrons. The molecule has 0 atom stereocenters. The molecule has 5 rings (SSSR count). The summed E-state index contributed by atoms with van der Waals surface area (Å²) in [6, 6.07) is 4.82. The number of nitrogens with zero attached hydrogens (tertiary/aromatic N) is 6. The lowest BCUT2D eigenvalue weighted by atomic mass is 10.1. The molecule has 0 spiro atoms.